The Labute approximate surface area is 125 Å². The van der Waals surface area contributed by atoms with E-state index in [1.807, 2.05) is 6.92 Å². The quantitative estimate of drug-likeness (QED) is 0.558. The number of nitro groups is 1. The molecule has 0 heterocycles. The summed E-state index contributed by atoms with van der Waals surface area (Å²) in [6, 6.07) is 3.72. The van der Waals surface area contributed by atoms with E-state index in [0.717, 1.165) is 38.5 Å². The van der Waals surface area contributed by atoms with Gasteiger partial charge in [0, 0.05) is 17.8 Å². The minimum Gasteiger partial charge on any atom is -0.382 e. The lowest BCUT2D eigenvalue weighted by Gasteiger charge is -2.20. The molecule has 0 amide bonds. The van der Waals surface area contributed by atoms with Crippen molar-refractivity contribution in [3.05, 3.63) is 34.1 Å². The predicted octanol–water partition coefficient (Wildman–Crippen LogP) is 3.66. The number of nitrogens with one attached hydrogen (secondary N) is 1. The normalized spacial score (nSPS) is 12.4. The fourth-order valence-corrected chi connectivity index (χ4v) is 2.28. The first kappa shape index (κ1) is 17.4. The number of halogens is 1. The van der Waals surface area contributed by atoms with Crippen molar-refractivity contribution in [2.75, 3.05) is 25.0 Å². The topological polar surface area (TPSA) is 58.4 Å². The molecule has 0 fully saturated rings. The summed E-state index contributed by atoms with van der Waals surface area (Å²) in [7, 11) is 0. The van der Waals surface area contributed by atoms with Crippen molar-refractivity contribution in [3.8, 4) is 0 Å². The van der Waals surface area contributed by atoms with E-state index < -0.39 is 10.7 Å². The van der Waals surface area contributed by atoms with Crippen LogP contribution in [0.15, 0.2) is 18.2 Å². The number of hydrogen-bond acceptors (Lipinski definition) is 4. The Morgan fingerprint density at radius 2 is 2.00 bits per heavy atom. The molecule has 1 aromatic rings. The van der Waals surface area contributed by atoms with Gasteiger partial charge in [-0.1, -0.05) is 13.8 Å². The highest BCUT2D eigenvalue weighted by Crippen LogP contribution is 2.21. The molecule has 1 atom stereocenters. The van der Waals surface area contributed by atoms with Crippen molar-refractivity contribution >= 4 is 11.4 Å². The maximum Gasteiger partial charge on any atom is 0.274 e. The molecular formula is C15H24FN3O2. The lowest BCUT2D eigenvalue weighted by molar-refractivity contribution is -0.385. The second-order valence-electron chi connectivity index (χ2n) is 5.17. The van der Waals surface area contributed by atoms with E-state index in [-0.39, 0.29) is 11.7 Å². The first-order valence-corrected chi connectivity index (χ1v) is 7.40. The standard InChI is InChI=1S/C15H24FN3O2/c1-4-18(5-2)8-6-7-12(3)17-14-9-13(16)10-15(11-14)19(20)21/h9-12,17H,4-8H2,1-3H3. The molecule has 0 spiro atoms. The van der Waals surface area contributed by atoms with Gasteiger partial charge in [-0.25, -0.2) is 4.39 Å². The van der Waals surface area contributed by atoms with Gasteiger partial charge in [0.25, 0.3) is 5.69 Å². The lowest BCUT2D eigenvalue weighted by Crippen LogP contribution is -2.25. The van der Waals surface area contributed by atoms with Gasteiger partial charge in [-0.05, 0) is 45.5 Å². The highest BCUT2D eigenvalue weighted by molar-refractivity contribution is 5.52. The third kappa shape index (κ3) is 6.08. The fourth-order valence-electron chi connectivity index (χ4n) is 2.28. The molecule has 0 aliphatic rings. The summed E-state index contributed by atoms with van der Waals surface area (Å²) in [6.45, 7) is 9.37. The van der Waals surface area contributed by atoms with Crippen LogP contribution < -0.4 is 5.32 Å². The van der Waals surface area contributed by atoms with Crippen LogP contribution in [0.3, 0.4) is 0 Å². The minimum absolute atomic E-state index is 0.141. The summed E-state index contributed by atoms with van der Waals surface area (Å²) in [6.07, 6.45) is 1.97. The molecule has 21 heavy (non-hydrogen) atoms. The van der Waals surface area contributed by atoms with E-state index in [2.05, 4.69) is 24.1 Å². The van der Waals surface area contributed by atoms with Gasteiger partial charge < -0.3 is 10.2 Å². The first-order chi connectivity index (χ1) is 9.96. The Morgan fingerprint density at radius 3 is 2.57 bits per heavy atom. The van der Waals surface area contributed by atoms with Gasteiger partial charge in [0.15, 0.2) is 0 Å². The molecular weight excluding hydrogens is 273 g/mol. The molecule has 1 aromatic carbocycles. The zero-order valence-corrected chi connectivity index (χ0v) is 12.9. The Balaban J connectivity index is 2.51. The predicted molar refractivity (Wildman–Crippen MR) is 83.2 cm³/mol. The highest BCUT2D eigenvalue weighted by Gasteiger charge is 2.11. The fraction of sp³-hybridized carbons (Fsp3) is 0.600. The second-order valence-corrected chi connectivity index (χ2v) is 5.17. The smallest absolute Gasteiger partial charge is 0.274 e. The van der Waals surface area contributed by atoms with Crippen LogP contribution in [0.2, 0.25) is 0 Å². The van der Waals surface area contributed by atoms with Crippen LogP contribution in [0.5, 0.6) is 0 Å². The molecule has 0 aliphatic heterocycles. The van der Waals surface area contributed by atoms with Gasteiger partial charge in [0.1, 0.15) is 5.82 Å². The van der Waals surface area contributed by atoms with E-state index in [1.165, 1.54) is 12.1 Å². The number of nitrogens with zero attached hydrogens (tertiary/aromatic N) is 2. The molecule has 1 rings (SSSR count). The van der Waals surface area contributed by atoms with E-state index in [0.29, 0.717) is 5.69 Å². The third-order valence-electron chi connectivity index (χ3n) is 3.51. The van der Waals surface area contributed by atoms with Crippen LogP contribution in [-0.4, -0.2) is 35.5 Å². The molecule has 0 saturated heterocycles. The van der Waals surface area contributed by atoms with Gasteiger partial charge in [-0.3, -0.25) is 10.1 Å². The molecule has 0 bridgehead atoms. The lowest BCUT2D eigenvalue weighted by atomic mass is 10.1. The van der Waals surface area contributed by atoms with Crippen LogP contribution >= 0.6 is 0 Å². The largest absolute Gasteiger partial charge is 0.382 e. The highest BCUT2D eigenvalue weighted by atomic mass is 19.1. The number of nitro benzene ring substituents is 1. The minimum atomic E-state index is -0.595. The molecule has 6 heteroatoms. The summed E-state index contributed by atoms with van der Waals surface area (Å²) in [5.74, 6) is -0.595. The average molecular weight is 297 g/mol. The van der Waals surface area contributed by atoms with Gasteiger partial charge in [-0.2, -0.15) is 0 Å². The number of hydrogen-bond donors (Lipinski definition) is 1. The monoisotopic (exact) mass is 297 g/mol. The van der Waals surface area contributed by atoms with E-state index in [1.54, 1.807) is 0 Å². The summed E-state index contributed by atoms with van der Waals surface area (Å²) in [5, 5.41) is 13.8. The van der Waals surface area contributed by atoms with Crippen LogP contribution in [0.25, 0.3) is 0 Å². The van der Waals surface area contributed by atoms with Crippen molar-refractivity contribution in [1.82, 2.24) is 4.90 Å². The maximum atomic E-state index is 13.3. The molecule has 0 saturated carbocycles. The first-order valence-electron chi connectivity index (χ1n) is 7.40. The van der Waals surface area contributed by atoms with Crippen LogP contribution in [0.4, 0.5) is 15.8 Å². The van der Waals surface area contributed by atoms with E-state index in [4.69, 9.17) is 0 Å². The Kier molecular flexibility index (Phi) is 7.08. The SMILES string of the molecule is CCN(CC)CCCC(C)Nc1cc(F)cc([N+](=O)[O-])c1. The van der Waals surface area contributed by atoms with Crippen LogP contribution in [-0.2, 0) is 0 Å². The number of rotatable bonds is 9. The van der Waals surface area contributed by atoms with Crippen molar-refractivity contribution in [1.29, 1.82) is 0 Å². The van der Waals surface area contributed by atoms with Gasteiger partial charge in [0.05, 0.1) is 11.0 Å². The Hall–Kier alpha value is -1.69. The summed E-state index contributed by atoms with van der Waals surface area (Å²) in [5.41, 5.74) is 0.227. The Morgan fingerprint density at radius 1 is 1.33 bits per heavy atom. The second kappa shape index (κ2) is 8.56. The zero-order chi connectivity index (χ0) is 15.8. The summed E-state index contributed by atoms with van der Waals surface area (Å²) >= 11 is 0. The van der Waals surface area contributed by atoms with E-state index >= 15 is 0 Å². The maximum absolute atomic E-state index is 13.3. The van der Waals surface area contributed by atoms with Gasteiger partial charge >= 0.3 is 0 Å². The molecule has 1 unspecified atom stereocenters. The number of non-ortho nitro benzene ring substituents is 1. The Bertz CT molecular complexity index is 464. The molecule has 118 valence electrons. The number of anilines is 1. The molecule has 0 radical (unpaired) electrons. The van der Waals surface area contributed by atoms with Gasteiger partial charge in [0.2, 0.25) is 0 Å². The van der Waals surface area contributed by atoms with Crippen LogP contribution in [0.1, 0.15) is 33.6 Å². The van der Waals surface area contributed by atoms with Crippen molar-refractivity contribution in [2.24, 2.45) is 0 Å². The third-order valence-corrected chi connectivity index (χ3v) is 3.51. The van der Waals surface area contributed by atoms with Gasteiger partial charge in [-0.15, -0.1) is 0 Å². The molecule has 1 N–H and O–H groups in total. The molecule has 5 nitrogen and oxygen atoms in total. The van der Waals surface area contributed by atoms with Crippen molar-refractivity contribution < 1.29 is 9.31 Å². The van der Waals surface area contributed by atoms with Crippen molar-refractivity contribution in [3.63, 3.8) is 0 Å². The summed E-state index contributed by atoms with van der Waals surface area (Å²) < 4.78 is 13.3. The van der Waals surface area contributed by atoms with Crippen LogP contribution in [0, 0.1) is 15.9 Å². The molecule has 0 aromatic heterocycles. The molecule has 0 aliphatic carbocycles. The van der Waals surface area contributed by atoms with Crippen molar-refractivity contribution in [2.45, 2.75) is 39.7 Å². The number of benzene rings is 1. The summed E-state index contributed by atoms with van der Waals surface area (Å²) in [4.78, 5) is 12.5. The zero-order valence-electron chi connectivity index (χ0n) is 12.9. The van der Waals surface area contributed by atoms with E-state index in [9.17, 15) is 14.5 Å². The average Bonchev–Trinajstić information content (AvgIpc) is 2.43.